The molecule has 2 aliphatic rings. The molecule has 5 nitrogen and oxygen atoms in total. The first-order chi connectivity index (χ1) is 19.9. The maximum atomic E-state index is 11.1. The van der Waals surface area contributed by atoms with Crippen LogP contribution in [0.4, 0.5) is 5.69 Å². The first-order valence-electron chi connectivity index (χ1n) is 15.7. The molecule has 3 aromatic rings. The van der Waals surface area contributed by atoms with Gasteiger partial charge in [0.15, 0.2) is 0 Å². The lowest BCUT2D eigenvalue weighted by molar-refractivity contribution is -0.384. The number of rotatable bonds is 15. The maximum Gasteiger partial charge on any atom is 0.269 e. The maximum absolute atomic E-state index is 11.1. The van der Waals surface area contributed by atoms with E-state index in [1.165, 1.54) is 87.3 Å². The molecule has 41 heavy (non-hydrogen) atoms. The predicted octanol–water partition coefficient (Wildman–Crippen LogP) is 9.69. The Balaban J connectivity index is 1.12. The first kappa shape index (κ1) is 29.2. The molecule has 0 aliphatic carbocycles. The fourth-order valence-electron chi connectivity index (χ4n) is 6.50. The second-order valence-electron chi connectivity index (χ2n) is 12.3. The standard InChI is InChI=1S/C36H45N3O2/c1-4-5-6-7-8-9-10-11-12-13-14-27-15-17-28(18-16-27)29-19-21-30(22-20-29)33-35-34(38(35)36(2,3)37-33)31-23-25-32(26-24-31)39(40)41/h15-26,34-35H,4-14H2,1-3H3. The normalized spacial score (nSPS) is 20.5. The zero-order chi connectivity index (χ0) is 28.8. The second kappa shape index (κ2) is 13.1. The molecule has 0 radical (unpaired) electrons. The lowest BCUT2D eigenvalue weighted by atomic mass is 9.97. The van der Waals surface area contributed by atoms with Gasteiger partial charge >= 0.3 is 0 Å². The van der Waals surface area contributed by atoms with E-state index in [9.17, 15) is 10.1 Å². The zero-order valence-corrected chi connectivity index (χ0v) is 25.0. The van der Waals surface area contributed by atoms with E-state index >= 15 is 0 Å². The number of benzene rings is 3. The molecule has 0 saturated carbocycles. The topological polar surface area (TPSA) is 58.5 Å². The van der Waals surface area contributed by atoms with Crippen LogP contribution in [0, 0.1) is 10.1 Å². The Kier molecular flexibility index (Phi) is 9.34. The van der Waals surface area contributed by atoms with Crippen molar-refractivity contribution in [1.29, 1.82) is 0 Å². The average Bonchev–Trinajstić information content (AvgIpc) is 3.68. The van der Waals surface area contributed by atoms with Crippen molar-refractivity contribution in [2.75, 3.05) is 0 Å². The minimum Gasteiger partial charge on any atom is -0.266 e. The smallest absolute Gasteiger partial charge is 0.266 e. The van der Waals surface area contributed by atoms with Crippen LogP contribution in [0.5, 0.6) is 0 Å². The van der Waals surface area contributed by atoms with E-state index < -0.39 is 0 Å². The van der Waals surface area contributed by atoms with Gasteiger partial charge in [0.05, 0.1) is 22.7 Å². The highest BCUT2D eigenvalue weighted by Crippen LogP contribution is 2.55. The molecule has 1 saturated heterocycles. The van der Waals surface area contributed by atoms with Gasteiger partial charge in [-0.2, -0.15) is 0 Å². The van der Waals surface area contributed by atoms with Gasteiger partial charge < -0.3 is 0 Å². The monoisotopic (exact) mass is 551 g/mol. The van der Waals surface area contributed by atoms with Crippen molar-refractivity contribution < 1.29 is 4.92 Å². The average molecular weight is 552 g/mol. The van der Waals surface area contributed by atoms with E-state index in [2.05, 4.69) is 74.2 Å². The van der Waals surface area contributed by atoms with E-state index in [-0.39, 0.29) is 28.4 Å². The minimum atomic E-state index is -0.345. The van der Waals surface area contributed by atoms with Gasteiger partial charge in [0, 0.05) is 12.1 Å². The van der Waals surface area contributed by atoms with Crippen LogP contribution >= 0.6 is 0 Å². The van der Waals surface area contributed by atoms with Crippen molar-refractivity contribution in [3.63, 3.8) is 0 Å². The van der Waals surface area contributed by atoms with E-state index in [0.717, 1.165) is 16.8 Å². The number of non-ortho nitro benzene ring substituents is 1. The fraction of sp³-hybridized carbons (Fsp3) is 0.472. The van der Waals surface area contributed by atoms with Crippen molar-refractivity contribution in [3.8, 4) is 11.1 Å². The summed E-state index contributed by atoms with van der Waals surface area (Å²) < 4.78 is 0. The highest BCUT2D eigenvalue weighted by atomic mass is 16.6. The fourth-order valence-corrected chi connectivity index (χ4v) is 6.50. The van der Waals surface area contributed by atoms with Gasteiger partial charge in [-0.15, -0.1) is 0 Å². The van der Waals surface area contributed by atoms with E-state index in [0.29, 0.717) is 0 Å². The van der Waals surface area contributed by atoms with Gasteiger partial charge in [0.25, 0.3) is 5.69 Å². The summed E-state index contributed by atoms with van der Waals surface area (Å²) in [4.78, 5) is 18.2. The number of nitro groups is 1. The van der Waals surface area contributed by atoms with Crippen molar-refractivity contribution in [1.82, 2.24) is 4.90 Å². The summed E-state index contributed by atoms with van der Waals surface area (Å²) in [5.41, 5.74) is 7.09. The Labute approximate surface area is 245 Å². The summed E-state index contributed by atoms with van der Waals surface area (Å²) in [5.74, 6) is 0. The zero-order valence-electron chi connectivity index (χ0n) is 25.0. The molecule has 216 valence electrons. The number of nitro benzene ring substituents is 1. The van der Waals surface area contributed by atoms with Crippen LogP contribution in [-0.2, 0) is 6.42 Å². The van der Waals surface area contributed by atoms with Crippen LogP contribution in [0.15, 0.2) is 77.8 Å². The molecule has 2 heterocycles. The van der Waals surface area contributed by atoms with E-state index in [4.69, 9.17) is 4.99 Å². The molecule has 5 rings (SSSR count). The molecule has 1 fully saturated rings. The van der Waals surface area contributed by atoms with Crippen LogP contribution in [-0.4, -0.2) is 27.2 Å². The molecule has 0 bridgehead atoms. The van der Waals surface area contributed by atoms with Crippen LogP contribution in [0.1, 0.15) is 108 Å². The van der Waals surface area contributed by atoms with Gasteiger partial charge in [-0.1, -0.05) is 125 Å². The lowest BCUT2D eigenvalue weighted by Crippen LogP contribution is -2.25. The highest BCUT2D eigenvalue weighted by Gasteiger charge is 2.62. The molecule has 0 aromatic heterocycles. The number of aliphatic imine (C=N–C) groups is 1. The second-order valence-corrected chi connectivity index (χ2v) is 12.3. The first-order valence-corrected chi connectivity index (χ1v) is 15.7. The summed E-state index contributed by atoms with van der Waals surface area (Å²) in [6, 6.07) is 25.3. The third kappa shape index (κ3) is 6.95. The molecule has 5 heteroatoms. The van der Waals surface area contributed by atoms with Gasteiger partial charge in [-0.05, 0) is 54.5 Å². The molecule has 0 N–H and O–H groups in total. The SMILES string of the molecule is CCCCCCCCCCCCc1ccc(-c2ccc(C3=NC(C)(C)N4C3C4c3ccc([N+](=O)[O-])cc3)cc2)cc1. The largest absolute Gasteiger partial charge is 0.269 e. The number of fused-ring (bicyclic) bond motifs is 1. The van der Waals surface area contributed by atoms with Gasteiger partial charge in [-0.3, -0.25) is 20.0 Å². The van der Waals surface area contributed by atoms with Gasteiger partial charge in [0.1, 0.15) is 5.66 Å². The number of hydrogen-bond donors (Lipinski definition) is 0. The molecule has 0 amide bonds. The molecular formula is C36H45N3O2. The third-order valence-corrected chi connectivity index (χ3v) is 8.85. The highest BCUT2D eigenvalue weighted by molar-refractivity contribution is 6.09. The van der Waals surface area contributed by atoms with Crippen molar-refractivity contribution in [3.05, 3.63) is 99.6 Å². The molecule has 0 spiro atoms. The van der Waals surface area contributed by atoms with Crippen molar-refractivity contribution >= 4 is 11.4 Å². The molecule has 3 aromatic carbocycles. The Morgan fingerprint density at radius 1 is 0.707 bits per heavy atom. The molecular weight excluding hydrogens is 506 g/mol. The third-order valence-electron chi connectivity index (χ3n) is 8.85. The lowest BCUT2D eigenvalue weighted by Gasteiger charge is -2.20. The minimum absolute atomic E-state index is 0.130. The Morgan fingerprint density at radius 3 is 1.78 bits per heavy atom. The Hall–Kier alpha value is -3.31. The number of aryl methyl sites for hydroxylation is 1. The van der Waals surface area contributed by atoms with Gasteiger partial charge in [-0.25, -0.2) is 0 Å². The number of nitrogens with zero attached hydrogens (tertiary/aromatic N) is 3. The Morgan fingerprint density at radius 2 is 1.22 bits per heavy atom. The molecule has 2 aliphatic heterocycles. The number of hydrogen-bond acceptors (Lipinski definition) is 4. The van der Waals surface area contributed by atoms with Crippen LogP contribution in [0.3, 0.4) is 0 Å². The summed E-state index contributed by atoms with van der Waals surface area (Å²) in [6.45, 7) is 6.57. The summed E-state index contributed by atoms with van der Waals surface area (Å²) in [7, 11) is 0. The molecule has 3 unspecified atom stereocenters. The molecule has 3 atom stereocenters. The van der Waals surface area contributed by atoms with Crippen molar-refractivity contribution in [2.45, 2.75) is 109 Å². The van der Waals surface area contributed by atoms with Crippen LogP contribution < -0.4 is 0 Å². The van der Waals surface area contributed by atoms with Gasteiger partial charge in [0.2, 0.25) is 0 Å². The van der Waals surface area contributed by atoms with Crippen LogP contribution in [0.2, 0.25) is 0 Å². The summed E-state index contributed by atoms with van der Waals surface area (Å²) in [5, 5.41) is 11.1. The predicted molar refractivity (Wildman–Crippen MR) is 170 cm³/mol. The van der Waals surface area contributed by atoms with E-state index in [1.54, 1.807) is 12.1 Å². The summed E-state index contributed by atoms with van der Waals surface area (Å²) in [6.07, 6.45) is 14.9. The quantitative estimate of drug-likeness (QED) is 0.0817. The summed E-state index contributed by atoms with van der Waals surface area (Å²) >= 11 is 0. The Bertz CT molecular complexity index is 1330. The van der Waals surface area contributed by atoms with Crippen LogP contribution in [0.25, 0.3) is 11.1 Å². The van der Waals surface area contributed by atoms with E-state index in [1.807, 2.05) is 12.1 Å². The number of unbranched alkanes of at least 4 members (excludes halogenated alkanes) is 9. The van der Waals surface area contributed by atoms with Crippen molar-refractivity contribution in [2.24, 2.45) is 4.99 Å².